The molecular weight excluding hydrogens is 248 g/mol. The largest absolute Gasteiger partial charge is 0.481 e. The van der Waals surface area contributed by atoms with Gasteiger partial charge in [-0.15, -0.1) is 0 Å². The Morgan fingerprint density at radius 3 is 2.26 bits per heavy atom. The van der Waals surface area contributed by atoms with Crippen molar-refractivity contribution in [2.24, 2.45) is 11.8 Å². The summed E-state index contributed by atoms with van der Waals surface area (Å²) in [5, 5.41) is 9.30. The number of likely N-dealkylation sites (N-methyl/N-ethyl adjacent to an activating group) is 1. The number of hydrogen-bond donors (Lipinski definition) is 1. The molecule has 6 nitrogen and oxygen atoms in total. The normalized spacial score (nSPS) is 37.8. The van der Waals surface area contributed by atoms with Gasteiger partial charge in [-0.2, -0.15) is 0 Å². The maximum Gasteiger partial charge on any atom is 0.310 e. The highest BCUT2D eigenvalue weighted by Crippen LogP contribution is 2.40. The van der Waals surface area contributed by atoms with Crippen molar-refractivity contribution in [1.82, 2.24) is 9.80 Å². The minimum absolute atomic E-state index is 0.0719. The maximum atomic E-state index is 12.5. The van der Waals surface area contributed by atoms with E-state index in [0.29, 0.717) is 13.1 Å². The number of carbonyl (C=O) groups is 2. The number of carboxylic acids is 1. The van der Waals surface area contributed by atoms with E-state index < -0.39 is 23.9 Å². The van der Waals surface area contributed by atoms with Crippen molar-refractivity contribution >= 4 is 11.9 Å². The fourth-order valence-corrected chi connectivity index (χ4v) is 3.13. The summed E-state index contributed by atoms with van der Waals surface area (Å²) in [7, 11) is 2.02. The standard InChI is InChI=1S/C13H18N2O4/c1-14-4-6-15(7-5-14)12(16)10-8-2-3-9(19-8)11(10)13(17)18/h2-3,8-11H,4-7H2,1H3,(H,17,18)/t8-,9-,10+,11-/m0/s1. The molecule has 0 saturated carbocycles. The van der Waals surface area contributed by atoms with Crippen molar-refractivity contribution in [3.05, 3.63) is 12.2 Å². The van der Waals surface area contributed by atoms with Gasteiger partial charge < -0.3 is 19.6 Å². The van der Waals surface area contributed by atoms with Crippen molar-refractivity contribution in [1.29, 1.82) is 0 Å². The molecule has 2 saturated heterocycles. The van der Waals surface area contributed by atoms with E-state index in [0.717, 1.165) is 13.1 Å². The first-order chi connectivity index (χ1) is 9.08. The van der Waals surface area contributed by atoms with Gasteiger partial charge in [0.2, 0.25) is 5.91 Å². The maximum absolute atomic E-state index is 12.5. The third-order valence-electron chi connectivity index (χ3n) is 4.28. The van der Waals surface area contributed by atoms with Crippen LogP contribution in [0.1, 0.15) is 0 Å². The molecule has 0 aliphatic carbocycles. The van der Waals surface area contributed by atoms with Gasteiger partial charge in [-0.25, -0.2) is 0 Å². The van der Waals surface area contributed by atoms with Crippen molar-refractivity contribution in [2.75, 3.05) is 33.2 Å². The first-order valence-corrected chi connectivity index (χ1v) is 6.62. The summed E-state index contributed by atoms with van der Waals surface area (Å²) in [5.74, 6) is -2.31. The highest BCUT2D eigenvalue weighted by atomic mass is 16.5. The van der Waals surface area contributed by atoms with Gasteiger partial charge in [0.1, 0.15) is 5.92 Å². The third kappa shape index (κ3) is 2.04. The zero-order valence-corrected chi connectivity index (χ0v) is 10.9. The molecule has 104 valence electrons. The number of amides is 1. The lowest BCUT2D eigenvalue weighted by molar-refractivity contribution is -0.150. The molecule has 0 radical (unpaired) electrons. The Bertz CT molecular complexity index is 428. The molecule has 1 amide bonds. The van der Waals surface area contributed by atoms with Gasteiger partial charge in [0.25, 0.3) is 0 Å². The van der Waals surface area contributed by atoms with E-state index >= 15 is 0 Å². The van der Waals surface area contributed by atoms with Crippen molar-refractivity contribution in [3.63, 3.8) is 0 Å². The number of rotatable bonds is 2. The molecule has 0 aromatic carbocycles. The van der Waals surface area contributed by atoms with Crippen LogP contribution < -0.4 is 0 Å². The highest BCUT2D eigenvalue weighted by Gasteiger charge is 2.54. The first-order valence-electron chi connectivity index (χ1n) is 6.62. The number of carboxylic acid groups (broad SMARTS) is 1. The molecule has 2 bridgehead atoms. The van der Waals surface area contributed by atoms with Gasteiger partial charge in [0.15, 0.2) is 0 Å². The molecule has 0 aromatic rings. The van der Waals surface area contributed by atoms with Gasteiger partial charge in [-0.3, -0.25) is 9.59 Å². The van der Waals surface area contributed by atoms with Crippen LogP contribution in [0.5, 0.6) is 0 Å². The summed E-state index contributed by atoms with van der Waals surface area (Å²) < 4.78 is 5.54. The van der Waals surface area contributed by atoms with Crippen LogP contribution in [0, 0.1) is 11.8 Å². The lowest BCUT2D eigenvalue weighted by Crippen LogP contribution is -2.52. The van der Waals surface area contributed by atoms with Crippen LogP contribution in [0.4, 0.5) is 0 Å². The fraction of sp³-hybridized carbons (Fsp3) is 0.692. The second-order valence-corrected chi connectivity index (χ2v) is 5.47. The summed E-state index contributed by atoms with van der Waals surface area (Å²) in [6, 6.07) is 0. The van der Waals surface area contributed by atoms with Gasteiger partial charge in [0, 0.05) is 26.2 Å². The van der Waals surface area contributed by atoms with Crippen molar-refractivity contribution in [3.8, 4) is 0 Å². The number of piperazine rings is 1. The topological polar surface area (TPSA) is 70.1 Å². The Labute approximate surface area is 111 Å². The van der Waals surface area contributed by atoms with E-state index in [1.54, 1.807) is 11.0 Å². The molecule has 3 aliphatic heterocycles. The fourth-order valence-electron chi connectivity index (χ4n) is 3.13. The van der Waals surface area contributed by atoms with Crippen molar-refractivity contribution < 1.29 is 19.4 Å². The minimum atomic E-state index is -0.940. The van der Waals surface area contributed by atoms with Crippen LogP contribution in [0.2, 0.25) is 0 Å². The summed E-state index contributed by atoms with van der Waals surface area (Å²) in [6.45, 7) is 3.00. The number of nitrogens with zero attached hydrogens (tertiary/aromatic N) is 2. The monoisotopic (exact) mass is 266 g/mol. The average Bonchev–Trinajstić information content (AvgIpc) is 2.98. The summed E-state index contributed by atoms with van der Waals surface area (Å²) in [5.41, 5.74) is 0. The third-order valence-corrected chi connectivity index (χ3v) is 4.28. The molecule has 0 aromatic heterocycles. The van der Waals surface area contributed by atoms with Crippen molar-refractivity contribution in [2.45, 2.75) is 12.2 Å². The van der Waals surface area contributed by atoms with E-state index in [2.05, 4.69) is 4.90 Å². The Morgan fingerprint density at radius 2 is 1.68 bits per heavy atom. The number of ether oxygens (including phenoxy) is 1. The first kappa shape index (κ1) is 12.6. The van der Waals surface area contributed by atoms with Crippen LogP contribution in [0.15, 0.2) is 12.2 Å². The molecule has 1 N–H and O–H groups in total. The number of hydrogen-bond acceptors (Lipinski definition) is 4. The summed E-state index contributed by atoms with van der Waals surface area (Å²) in [6.07, 6.45) is 2.78. The second kappa shape index (κ2) is 4.61. The molecule has 4 atom stereocenters. The van der Waals surface area contributed by atoms with E-state index in [1.807, 2.05) is 13.1 Å². The van der Waals surface area contributed by atoms with Crippen LogP contribution in [0.25, 0.3) is 0 Å². The Hall–Kier alpha value is -1.40. The number of fused-ring (bicyclic) bond motifs is 2. The van der Waals surface area contributed by atoms with Crippen LogP contribution in [0.3, 0.4) is 0 Å². The summed E-state index contributed by atoms with van der Waals surface area (Å²) in [4.78, 5) is 27.8. The highest BCUT2D eigenvalue weighted by molar-refractivity contribution is 5.87. The SMILES string of the molecule is CN1CCN(C(=O)[C@H]2[C@@H](C(=O)O)[C@@H]3C=C[C@@H]2O3)CC1. The molecule has 0 unspecified atom stereocenters. The molecule has 3 heterocycles. The minimum Gasteiger partial charge on any atom is -0.481 e. The Kier molecular flexibility index (Phi) is 3.06. The van der Waals surface area contributed by atoms with Gasteiger partial charge in [-0.1, -0.05) is 12.2 Å². The van der Waals surface area contributed by atoms with Crippen LogP contribution in [-0.4, -0.2) is 72.2 Å². The lowest BCUT2D eigenvalue weighted by atomic mass is 9.82. The van der Waals surface area contributed by atoms with E-state index in [1.165, 1.54) is 0 Å². The van der Waals surface area contributed by atoms with Gasteiger partial charge >= 0.3 is 5.97 Å². The summed E-state index contributed by atoms with van der Waals surface area (Å²) >= 11 is 0. The molecule has 0 spiro atoms. The van der Waals surface area contributed by atoms with E-state index in [-0.39, 0.29) is 12.0 Å². The molecule has 6 heteroatoms. The molecule has 3 aliphatic rings. The van der Waals surface area contributed by atoms with Crippen LogP contribution in [-0.2, 0) is 14.3 Å². The van der Waals surface area contributed by atoms with E-state index in [9.17, 15) is 14.7 Å². The van der Waals surface area contributed by atoms with Gasteiger partial charge in [0.05, 0.1) is 18.1 Å². The van der Waals surface area contributed by atoms with E-state index in [4.69, 9.17) is 4.74 Å². The molecule has 2 fully saturated rings. The predicted molar refractivity (Wildman–Crippen MR) is 66.5 cm³/mol. The second-order valence-electron chi connectivity index (χ2n) is 5.47. The van der Waals surface area contributed by atoms with Gasteiger partial charge in [-0.05, 0) is 7.05 Å². The average molecular weight is 266 g/mol. The van der Waals surface area contributed by atoms with Crippen LogP contribution >= 0.6 is 0 Å². The zero-order chi connectivity index (χ0) is 13.6. The molecular formula is C13H18N2O4. The quantitative estimate of drug-likeness (QED) is 0.677. The molecule has 19 heavy (non-hydrogen) atoms. The molecule has 3 rings (SSSR count). The predicted octanol–water partition coefficient (Wildman–Crippen LogP) is -0.585. The Morgan fingerprint density at radius 1 is 1.11 bits per heavy atom. The lowest BCUT2D eigenvalue weighted by Gasteiger charge is -2.35. The number of aliphatic carboxylic acids is 1. The Balaban J connectivity index is 1.75. The zero-order valence-electron chi connectivity index (χ0n) is 10.9. The number of carbonyl (C=O) groups excluding carboxylic acids is 1. The smallest absolute Gasteiger partial charge is 0.310 e.